The molecule has 1 aromatic carbocycles. The maximum Gasteiger partial charge on any atom is 0.274 e. The van der Waals surface area contributed by atoms with Crippen LogP contribution in [0.4, 0.5) is 5.69 Å². The second kappa shape index (κ2) is 7.40. The van der Waals surface area contributed by atoms with E-state index in [-0.39, 0.29) is 5.91 Å². The summed E-state index contributed by atoms with van der Waals surface area (Å²) in [6.07, 6.45) is 3.38. The molecule has 2 aromatic heterocycles. The van der Waals surface area contributed by atoms with E-state index in [9.17, 15) is 4.79 Å². The lowest BCUT2D eigenvalue weighted by Crippen LogP contribution is -2.48. The van der Waals surface area contributed by atoms with Gasteiger partial charge in [-0.15, -0.1) is 0 Å². The maximum atomic E-state index is 12.8. The van der Waals surface area contributed by atoms with E-state index in [1.54, 1.807) is 17.1 Å². The molecule has 0 N–H and O–H groups in total. The van der Waals surface area contributed by atoms with Gasteiger partial charge >= 0.3 is 0 Å². The fourth-order valence-electron chi connectivity index (χ4n) is 3.23. The molecule has 0 radical (unpaired) electrons. The van der Waals surface area contributed by atoms with Crippen LogP contribution in [0.25, 0.3) is 5.82 Å². The van der Waals surface area contributed by atoms with Gasteiger partial charge in [-0.05, 0) is 37.3 Å². The van der Waals surface area contributed by atoms with Crippen molar-refractivity contribution in [2.75, 3.05) is 31.1 Å². The summed E-state index contributed by atoms with van der Waals surface area (Å²) in [5.41, 5.74) is 2.45. The van der Waals surface area contributed by atoms with Crippen LogP contribution in [-0.2, 0) is 0 Å². The fraction of sp³-hybridized carbons (Fsp3) is 0.250. The summed E-state index contributed by atoms with van der Waals surface area (Å²) < 4.78 is 1.78. The highest BCUT2D eigenvalue weighted by Crippen LogP contribution is 2.21. The van der Waals surface area contributed by atoms with Gasteiger partial charge in [-0.25, -0.2) is 9.97 Å². The van der Waals surface area contributed by atoms with Gasteiger partial charge in [0.25, 0.3) is 5.91 Å². The number of piperazine rings is 1. The number of aryl methyl sites for hydroxylation is 1. The Morgan fingerprint density at radius 3 is 2.59 bits per heavy atom. The molecule has 4 rings (SSSR count). The summed E-state index contributed by atoms with van der Waals surface area (Å²) >= 11 is 6.08. The molecule has 1 fully saturated rings. The maximum absolute atomic E-state index is 12.8. The Labute approximate surface area is 163 Å². The van der Waals surface area contributed by atoms with Crippen molar-refractivity contribution in [3.63, 3.8) is 0 Å². The summed E-state index contributed by atoms with van der Waals surface area (Å²) in [5.74, 6) is 0.708. The van der Waals surface area contributed by atoms with Gasteiger partial charge in [-0.1, -0.05) is 23.7 Å². The van der Waals surface area contributed by atoms with Crippen molar-refractivity contribution < 1.29 is 4.79 Å². The van der Waals surface area contributed by atoms with Crippen molar-refractivity contribution >= 4 is 23.2 Å². The second-order valence-corrected chi connectivity index (χ2v) is 7.00. The number of benzene rings is 1. The van der Waals surface area contributed by atoms with E-state index in [1.165, 1.54) is 0 Å². The largest absolute Gasteiger partial charge is 0.368 e. The number of carbonyl (C=O) groups excluding carboxylic acids is 1. The lowest BCUT2D eigenvalue weighted by Gasteiger charge is -2.35. The zero-order chi connectivity index (χ0) is 18.8. The highest BCUT2D eigenvalue weighted by atomic mass is 35.5. The Balaban J connectivity index is 1.42. The summed E-state index contributed by atoms with van der Waals surface area (Å²) in [7, 11) is 0. The predicted molar refractivity (Wildman–Crippen MR) is 106 cm³/mol. The molecule has 0 spiro atoms. The zero-order valence-corrected chi connectivity index (χ0v) is 15.8. The monoisotopic (exact) mass is 381 g/mol. The number of anilines is 1. The topological polar surface area (TPSA) is 54.3 Å². The third kappa shape index (κ3) is 3.80. The molecular weight excluding hydrogens is 362 g/mol. The first-order chi connectivity index (χ1) is 13.1. The number of nitrogens with zero attached hydrogens (tertiary/aromatic N) is 5. The van der Waals surface area contributed by atoms with Crippen LogP contribution in [0, 0.1) is 6.92 Å². The molecule has 0 atom stereocenters. The third-order valence-electron chi connectivity index (χ3n) is 4.68. The van der Waals surface area contributed by atoms with Crippen molar-refractivity contribution in [2.24, 2.45) is 0 Å². The molecule has 0 unspecified atom stereocenters. The van der Waals surface area contributed by atoms with Gasteiger partial charge in [0.15, 0.2) is 0 Å². The number of carbonyl (C=O) groups is 1. The Kier molecular flexibility index (Phi) is 4.81. The molecule has 0 saturated carbocycles. The van der Waals surface area contributed by atoms with Crippen LogP contribution in [0.15, 0.2) is 55.0 Å². The van der Waals surface area contributed by atoms with Gasteiger partial charge < -0.3 is 9.80 Å². The number of rotatable bonds is 3. The molecule has 3 aromatic rings. The van der Waals surface area contributed by atoms with Crippen LogP contribution >= 0.6 is 11.6 Å². The molecule has 0 bridgehead atoms. The average Bonchev–Trinajstić information content (AvgIpc) is 3.18. The van der Waals surface area contributed by atoms with E-state index < -0.39 is 0 Å². The SMILES string of the molecule is Cc1cccc(-n2cnc(C(=O)N3CCN(c4cccc(Cl)c4)CC3)c2)n1. The van der Waals surface area contributed by atoms with Crippen molar-refractivity contribution in [2.45, 2.75) is 6.92 Å². The zero-order valence-electron chi connectivity index (χ0n) is 15.0. The van der Waals surface area contributed by atoms with E-state index in [0.717, 1.165) is 35.3 Å². The third-order valence-corrected chi connectivity index (χ3v) is 4.92. The second-order valence-electron chi connectivity index (χ2n) is 6.56. The van der Waals surface area contributed by atoms with Crippen LogP contribution in [0.1, 0.15) is 16.2 Å². The Morgan fingerprint density at radius 1 is 1.07 bits per heavy atom. The van der Waals surface area contributed by atoms with Crippen molar-refractivity contribution in [1.29, 1.82) is 0 Å². The van der Waals surface area contributed by atoms with E-state index in [4.69, 9.17) is 11.6 Å². The molecule has 1 amide bonds. The van der Waals surface area contributed by atoms with Crippen LogP contribution < -0.4 is 4.90 Å². The Bertz CT molecular complexity index is 962. The van der Waals surface area contributed by atoms with Gasteiger partial charge in [0.05, 0.1) is 0 Å². The minimum Gasteiger partial charge on any atom is -0.368 e. The highest BCUT2D eigenvalue weighted by Gasteiger charge is 2.24. The highest BCUT2D eigenvalue weighted by molar-refractivity contribution is 6.30. The smallest absolute Gasteiger partial charge is 0.274 e. The normalized spacial score (nSPS) is 14.4. The first-order valence-electron chi connectivity index (χ1n) is 8.88. The molecule has 7 heteroatoms. The van der Waals surface area contributed by atoms with Crippen LogP contribution in [0.3, 0.4) is 0 Å². The number of imidazole rings is 1. The molecule has 1 aliphatic rings. The summed E-state index contributed by atoms with van der Waals surface area (Å²) in [4.78, 5) is 25.6. The summed E-state index contributed by atoms with van der Waals surface area (Å²) in [5, 5.41) is 0.723. The molecule has 138 valence electrons. The number of hydrogen-bond donors (Lipinski definition) is 0. The molecule has 0 aliphatic carbocycles. The van der Waals surface area contributed by atoms with E-state index in [2.05, 4.69) is 14.9 Å². The van der Waals surface area contributed by atoms with E-state index in [0.29, 0.717) is 18.8 Å². The first-order valence-corrected chi connectivity index (χ1v) is 9.26. The summed E-state index contributed by atoms with van der Waals surface area (Å²) in [6, 6.07) is 13.6. The van der Waals surface area contributed by atoms with E-state index >= 15 is 0 Å². The summed E-state index contributed by atoms with van der Waals surface area (Å²) in [6.45, 7) is 4.78. The number of hydrogen-bond acceptors (Lipinski definition) is 4. The van der Waals surface area contributed by atoms with Gasteiger partial charge in [-0.3, -0.25) is 9.36 Å². The Morgan fingerprint density at radius 2 is 1.85 bits per heavy atom. The average molecular weight is 382 g/mol. The number of halogens is 1. The first kappa shape index (κ1) is 17.5. The fourth-order valence-corrected chi connectivity index (χ4v) is 3.42. The molecule has 1 saturated heterocycles. The van der Waals surface area contributed by atoms with Crippen molar-refractivity contribution in [3.8, 4) is 5.82 Å². The quantitative estimate of drug-likeness (QED) is 0.699. The Hall–Kier alpha value is -2.86. The molecule has 1 aliphatic heterocycles. The lowest BCUT2D eigenvalue weighted by molar-refractivity contribution is 0.0741. The van der Waals surface area contributed by atoms with Crippen LogP contribution in [0.2, 0.25) is 5.02 Å². The van der Waals surface area contributed by atoms with Crippen LogP contribution in [0.5, 0.6) is 0 Å². The van der Waals surface area contributed by atoms with Gasteiger partial charge in [0.1, 0.15) is 17.8 Å². The standard InChI is InChI=1S/C20H20ClN5O/c1-15-4-2-7-19(23-15)26-13-18(22-14-26)20(27)25-10-8-24(9-11-25)17-6-3-5-16(21)12-17/h2-7,12-14H,8-11H2,1H3. The predicted octanol–water partition coefficient (Wildman–Crippen LogP) is 3.19. The van der Waals surface area contributed by atoms with E-state index in [1.807, 2.05) is 54.3 Å². The van der Waals surface area contributed by atoms with Crippen molar-refractivity contribution in [1.82, 2.24) is 19.4 Å². The number of amides is 1. The van der Waals surface area contributed by atoms with Crippen molar-refractivity contribution in [3.05, 3.63) is 71.4 Å². The lowest BCUT2D eigenvalue weighted by atomic mass is 10.2. The van der Waals surface area contributed by atoms with Gasteiger partial charge in [0, 0.05) is 48.8 Å². The molecule has 6 nitrogen and oxygen atoms in total. The molecular formula is C20H20ClN5O. The van der Waals surface area contributed by atoms with Gasteiger partial charge in [0.2, 0.25) is 0 Å². The number of pyridine rings is 1. The van der Waals surface area contributed by atoms with Crippen LogP contribution in [-0.4, -0.2) is 51.5 Å². The molecule has 27 heavy (non-hydrogen) atoms. The molecule has 3 heterocycles. The minimum absolute atomic E-state index is 0.0489. The van der Waals surface area contributed by atoms with Gasteiger partial charge in [-0.2, -0.15) is 0 Å². The number of aromatic nitrogens is 3. The minimum atomic E-state index is -0.0489.